The summed E-state index contributed by atoms with van der Waals surface area (Å²) in [5.41, 5.74) is 2.49. The number of pyridine rings is 1. The number of fused-ring (bicyclic) bond motifs is 3. The molecule has 0 radical (unpaired) electrons. The minimum Gasteiger partial charge on any atom is -0.435 e. The first-order valence-electron chi connectivity index (χ1n) is 9.35. The van der Waals surface area contributed by atoms with Crippen LogP contribution in [0.25, 0.3) is 11.1 Å². The molecule has 0 aliphatic heterocycles. The highest BCUT2D eigenvalue weighted by molar-refractivity contribution is 7.92. The van der Waals surface area contributed by atoms with Crippen LogP contribution in [0.15, 0.2) is 42.7 Å². The first-order chi connectivity index (χ1) is 15.5. The van der Waals surface area contributed by atoms with Crippen LogP contribution in [0, 0.1) is 0 Å². The number of rotatable bonds is 6. The fourth-order valence-corrected chi connectivity index (χ4v) is 4.66. The van der Waals surface area contributed by atoms with Crippen LogP contribution in [-0.4, -0.2) is 32.2 Å². The SMILES string of the molecule is CS(=O)(=O)Nc1ccc2c(c1)-c1c(C(=O)Nc3c(Cl)cncc3Cl)ccc(OC(F)F)c1C2. The molecule has 0 saturated carbocycles. The molecule has 0 unspecified atom stereocenters. The van der Waals surface area contributed by atoms with Crippen molar-refractivity contribution in [3.8, 4) is 16.9 Å². The summed E-state index contributed by atoms with van der Waals surface area (Å²) in [5, 5.41) is 2.86. The van der Waals surface area contributed by atoms with Crippen LogP contribution >= 0.6 is 23.2 Å². The number of nitrogens with zero attached hydrogens (tertiary/aromatic N) is 1. The predicted molar refractivity (Wildman–Crippen MR) is 122 cm³/mol. The van der Waals surface area contributed by atoms with E-state index < -0.39 is 22.5 Å². The highest BCUT2D eigenvalue weighted by Gasteiger charge is 2.29. The molecule has 7 nitrogen and oxygen atoms in total. The molecule has 1 aliphatic carbocycles. The van der Waals surface area contributed by atoms with Crippen LogP contribution in [0.4, 0.5) is 20.2 Å². The lowest BCUT2D eigenvalue weighted by molar-refractivity contribution is -0.0503. The lowest BCUT2D eigenvalue weighted by atomic mass is 9.97. The van der Waals surface area contributed by atoms with Gasteiger partial charge in [0.1, 0.15) is 5.75 Å². The van der Waals surface area contributed by atoms with E-state index in [-0.39, 0.29) is 39.2 Å². The van der Waals surface area contributed by atoms with E-state index in [1.807, 2.05) is 0 Å². The van der Waals surface area contributed by atoms with E-state index in [9.17, 15) is 22.0 Å². The number of hydrogen-bond donors (Lipinski definition) is 2. The molecule has 1 aromatic heterocycles. The van der Waals surface area contributed by atoms with Gasteiger partial charge in [-0.2, -0.15) is 8.78 Å². The number of aromatic nitrogens is 1. The normalized spacial score (nSPS) is 12.3. The molecule has 172 valence electrons. The first-order valence-corrected chi connectivity index (χ1v) is 12.0. The van der Waals surface area contributed by atoms with Crippen molar-refractivity contribution in [1.82, 2.24) is 4.98 Å². The van der Waals surface area contributed by atoms with Gasteiger partial charge in [-0.05, 0) is 35.4 Å². The highest BCUT2D eigenvalue weighted by atomic mass is 35.5. The minimum absolute atomic E-state index is 0.0784. The smallest absolute Gasteiger partial charge is 0.387 e. The number of ether oxygens (including phenoxy) is 1. The van der Waals surface area contributed by atoms with Gasteiger partial charge in [-0.25, -0.2) is 8.42 Å². The number of halogens is 4. The van der Waals surface area contributed by atoms with Gasteiger partial charge in [0, 0.05) is 41.2 Å². The Labute approximate surface area is 197 Å². The zero-order valence-corrected chi connectivity index (χ0v) is 19.2. The Morgan fingerprint density at radius 2 is 1.85 bits per heavy atom. The van der Waals surface area contributed by atoms with Gasteiger partial charge in [-0.1, -0.05) is 29.3 Å². The van der Waals surface area contributed by atoms with Gasteiger partial charge in [-0.15, -0.1) is 0 Å². The molecule has 4 rings (SSSR count). The molecule has 2 aromatic carbocycles. The maximum absolute atomic E-state index is 13.2. The van der Waals surface area contributed by atoms with Crippen molar-refractivity contribution in [2.45, 2.75) is 13.0 Å². The zero-order chi connectivity index (χ0) is 23.9. The number of alkyl halides is 2. The summed E-state index contributed by atoms with van der Waals surface area (Å²) in [6, 6.07) is 7.39. The number of amides is 1. The Hall–Kier alpha value is -2.95. The predicted octanol–water partition coefficient (Wildman–Crippen LogP) is 5.18. The Kier molecular flexibility index (Phi) is 6.17. The highest BCUT2D eigenvalue weighted by Crippen LogP contribution is 2.45. The molecule has 12 heteroatoms. The maximum atomic E-state index is 13.2. The largest absolute Gasteiger partial charge is 0.435 e. The topological polar surface area (TPSA) is 97.4 Å². The van der Waals surface area contributed by atoms with Crippen molar-refractivity contribution in [3.63, 3.8) is 0 Å². The van der Waals surface area contributed by atoms with Crippen molar-refractivity contribution in [2.75, 3.05) is 16.3 Å². The van der Waals surface area contributed by atoms with E-state index in [1.54, 1.807) is 12.1 Å². The number of nitrogens with one attached hydrogen (secondary N) is 2. The molecule has 0 saturated heterocycles. The Morgan fingerprint density at radius 1 is 1.15 bits per heavy atom. The zero-order valence-electron chi connectivity index (χ0n) is 16.8. The third-order valence-corrected chi connectivity index (χ3v) is 6.05. The average molecular weight is 514 g/mol. The van der Waals surface area contributed by atoms with E-state index in [0.717, 1.165) is 6.26 Å². The van der Waals surface area contributed by atoms with Gasteiger partial charge in [0.2, 0.25) is 10.0 Å². The van der Waals surface area contributed by atoms with Crippen LogP contribution in [0.3, 0.4) is 0 Å². The van der Waals surface area contributed by atoms with Crippen molar-refractivity contribution in [3.05, 3.63) is 69.5 Å². The Bertz CT molecular complexity index is 1360. The molecule has 0 atom stereocenters. The number of carbonyl (C=O) groups excluding carboxylic acids is 1. The second-order valence-electron chi connectivity index (χ2n) is 7.20. The summed E-state index contributed by atoms with van der Waals surface area (Å²) >= 11 is 12.2. The van der Waals surface area contributed by atoms with Crippen LogP contribution in [-0.2, 0) is 16.4 Å². The number of anilines is 2. The summed E-state index contributed by atoms with van der Waals surface area (Å²) < 4.78 is 56.3. The standard InChI is InChI=1S/C21H15Cl2F2N3O4S/c1-33(30,31)28-11-3-2-10-6-14-17(32-21(24)25)5-4-12(18(14)13(10)7-11)20(29)27-19-15(22)8-26-9-16(19)23/h2-5,7-9,21,28H,6H2,1H3,(H,26,27,29). The Morgan fingerprint density at radius 3 is 2.48 bits per heavy atom. The van der Waals surface area contributed by atoms with Gasteiger partial charge in [0.25, 0.3) is 5.91 Å². The van der Waals surface area contributed by atoms with Gasteiger partial charge in [0.05, 0.1) is 22.0 Å². The van der Waals surface area contributed by atoms with E-state index in [0.29, 0.717) is 22.3 Å². The average Bonchev–Trinajstić information content (AvgIpc) is 3.09. The molecule has 0 fully saturated rings. The van der Waals surface area contributed by atoms with Crippen LogP contribution in [0.1, 0.15) is 21.5 Å². The lowest BCUT2D eigenvalue weighted by Gasteiger charge is -2.15. The van der Waals surface area contributed by atoms with Gasteiger partial charge in [-0.3, -0.25) is 14.5 Å². The fraction of sp³-hybridized carbons (Fsp3) is 0.143. The van der Waals surface area contributed by atoms with Crippen molar-refractivity contribution in [2.24, 2.45) is 0 Å². The monoisotopic (exact) mass is 513 g/mol. The minimum atomic E-state index is -3.56. The quantitative estimate of drug-likeness (QED) is 0.370. The molecular weight excluding hydrogens is 499 g/mol. The number of sulfonamides is 1. The molecular formula is C21H15Cl2F2N3O4S. The molecule has 1 amide bonds. The van der Waals surface area contributed by atoms with Crippen molar-refractivity contribution >= 4 is 50.5 Å². The fourth-order valence-electron chi connectivity index (χ4n) is 3.65. The molecule has 1 aliphatic rings. The molecule has 0 bridgehead atoms. The molecule has 1 heterocycles. The number of carbonyl (C=O) groups is 1. The van der Waals surface area contributed by atoms with Gasteiger partial charge in [0.15, 0.2) is 0 Å². The first kappa shape index (κ1) is 23.2. The second-order valence-corrected chi connectivity index (χ2v) is 9.76. The molecule has 33 heavy (non-hydrogen) atoms. The number of benzene rings is 2. The molecule has 2 N–H and O–H groups in total. The summed E-state index contributed by atoms with van der Waals surface area (Å²) in [6.07, 6.45) is 3.84. The van der Waals surface area contributed by atoms with Crippen LogP contribution in [0.5, 0.6) is 5.75 Å². The second kappa shape index (κ2) is 8.77. The number of hydrogen-bond acceptors (Lipinski definition) is 5. The van der Waals surface area contributed by atoms with Gasteiger partial charge < -0.3 is 10.1 Å². The van der Waals surface area contributed by atoms with Crippen LogP contribution in [0.2, 0.25) is 10.0 Å². The maximum Gasteiger partial charge on any atom is 0.387 e. The lowest BCUT2D eigenvalue weighted by Crippen LogP contribution is -2.15. The van der Waals surface area contributed by atoms with E-state index >= 15 is 0 Å². The van der Waals surface area contributed by atoms with E-state index in [2.05, 4.69) is 19.8 Å². The summed E-state index contributed by atoms with van der Waals surface area (Å²) in [4.78, 5) is 17.0. The summed E-state index contributed by atoms with van der Waals surface area (Å²) in [5.74, 6) is -0.676. The van der Waals surface area contributed by atoms with Crippen molar-refractivity contribution in [1.29, 1.82) is 0 Å². The summed E-state index contributed by atoms with van der Waals surface area (Å²) in [7, 11) is -3.56. The Balaban J connectivity index is 1.84. The summed E-state index contributed by atoms with van der Waals surface area (Å²) in [6.45, 7) is -3.06. The van der Waals surface area contributed by atoms with Crippen LogP contribution < -0.4 is 14.8 Å². The van der Waals surface area contributed by atoms with Crippen molar-refractivity contribution < 1.29 is 26.7 Å². The molecule has 0 spiro atoms. The van der Waals surface area contributed by atoms with E-state index in [1.165, 1.54) is 30.6 Å². The van der Waals surface area contributed by atoms with E-state index in [4.69, 9.17) is 23.2 Å². The van der Waals surface area contributed by atoms with Gasteiger partial charge >= 0.3 is 6.61 Å². The molecule has 3 aromatic rings. The third-order valence-electron chi connectivity index (χ3n) is 4.87. The third kappa shape index (κ3) is 4.87.